The van der Waals surface area contributed by atoms with Crippen LogP contribution in [-0.2, 0) is 73.7 Å². The molecule has 0 radical (unpaired) electrons. The maximum atomic E-state index is 14.7. The van der Waals surface area contributed by atoms with Crippen LogP contribution in [0.1, 0.15) is 173 Å². The summed E-state index contributed by atoms with van der Waals surface area (Å²) in [6.45, 7) is 33.5. The van der Waals surface area contributed by atoms with Gasteiger partial charge in [-0.05, 0) is 170 Å². The highest BCUT2D eigenvalue weighted by molar-refractivity contribution is 7.90. The quantitative estimate of drug-likeness (QED) is 0.0213. The molecule has 1 heterocycles. The van der Waals surface area contributed by atoms with Gasteiger partial charge in [-0.2, -0.15) is 0 Å². The zero-order valence-corrected chi connectivity index (χ0v) is 59.4. The molecule has 0 bridgehead atoms. The number of amides is 8. The fourth-order valence-corrected chi connectivity index (χ4v) is 11.0. The minimum absolute atomic E-state index is 0.000275. The van der Waals surface area contributed by atoms with Crippen molar-refractivity contribution in [2.75, 3.05) is 33.4 Å². The molecule has 93 heavy (non-hydrogen) atoms. The van der Waals surface area contributed by atoms with Crippen LogP contribution in [0.15, 0.2) is 4.90 Å². The lowest BCUT2D eigenvalue weighted by Crippen LogP contribution is -2.62. The van der Waals surface area contributed by atoms with E-state index in [4.69, 9.17) is 29.1 Å². The Morgan fingerprint density at radius 3 is 1.66 bits per heavy atom. The summed E-state index contributed by atoms with van der Waals surface area (Å²) in [5.74, 6) is -9.40. The Labute approximate surface area is 549 Å². The van der Waals surface area contributed by atoms with E-state index in [2.05, 4.69) is 52.6 Å². The van der Waals surface area contributed by atoms with Crippen LogP contribution in [0.2, 0.25) is 0 Å². The molecular formula is C63H109N11O18S. The van der Waals surface area contributed by atoms with Crippen molar-refractivity contribution >= 4 is 69.4 Å². The van der Waals surface area contributed by atoms with E-state index < -0.39 is 171 Å². The molecule has 0 fully saturated rings. The normalized spacial score (nSPS) is 16.5. The lowest BCUT2D eigenvalue weighted by atomic mass is 9.88. The van der Waals surface area contributed by atoms with Crippen molar-refractivity contribution in [3.05, 3.63) is 22.3 Å². The summed E-state index contributed by atoms with van der Waals surface area (Å²) in [6, 6.07) is -10.5. The molecule has 0 aromatic heterocycles. The highest BCUT2D eigenvalue weighted by atomic mass is 32.2. The summed E-state index contributed by atoms with van der Waals surface area (Å²) in [5, 5.41) is 53.5. The highest BCUT2D eigenvalue weighted by Gasteiger charge is 2.40. The van der Waals surface area contributed by atoms with Crippen molar-refractivity contribution in [3.63, 3.8) is 0 Å². The van der Waals surface area contributed by atoms with Crippen LogP contribution in [0.3, 0.4) is 0 Å². The number of rotatable bonds is 32. The molecule has 0 saturated carbocycles. The molecule has 0 aliphatic carbocycles. The number of fused-ring (bicyclic) bond motifs is 1. The molecular weight excluding hydrogens is 1230 g/mol. The number of esters is 1. The second kappa shape index (κ2) is 35.0. The maximum Gasteiger partial charge on any atom is 0.408 e. The average Bonchev–Trinajstić information content (AvgIpc) is 0.749. The van der Waals surface area contributed by atoms with Gasteiger partial charge in [0.2, 0.25) is 47.3 Å². The molecule has 29 nitrogen and oxygen atoms in total. The van der Waals surface area contributed by atoms with E-state index in [1.807, 2.05) is 13.8 Å². The lowest BCUT2D eigenvalue weighted by Gasteiger charge is -2.35. The third-order valence-corrected chi connectivity index (χ3v) is 16.7. The van der Waals surface area contributed by atoms with E-state index in [-0.39, 0.29) is 43.9 Å². The number of sulfonamides is 1. The summed E-state index contributed by atoms with van der Waals surface area (Å²) >= 11 is 0. The van der Waals surface area contributed by atoms with E-state index in [1.54, 1.807) is 125 Å². The monoisotopic (exact) mass is 1340 g/mol. The second-order valence-corrected chi connectivity index (χ2v) is 29.6. The predicted octanol–water partition coefficient (Wildman–Crippen LogP) is 2.12. The molecule has 0 unspecified atom stereocenters. The first kappa shape index (κ1) is 82.2. The standard InChI is InChI=1S/C63H109N11O18S/c1-23-34(6)45(55(82)72-46(38(10)75)53(80)66-29-43(76)67-41(30-89-60(11,12)13)52(79)69-42(57(84)88-22)31-90-61(14,15)16)71-51(78)40(68-54(81)44(32(2)3)70-56(83)47(48(77)33(4)5)73-59(85)92-62(17,18)19)25-24-28-65-58(64)74-93(86,87)50-36(8)35(7)49-39(37(50)9)26-27-63(20,21)91-49/h32-34,38,40-42,44-48,75,77H,23-31H2,1-22H3,(H,66,80)(H,67,76)(H,68,81)(H,69,79)(H,70,83)(H,71,78)(H,72,82)(H,73,85)(H3,64,65,74)/t34-,38-,40+,41-,42-,44-,45-,46-,47-,48+/m0/s1. The Hall–Kier alpha value is -6.89. The van der Waals surface area contributed by atoms with Crippen LogP contribution in [0.25, 0.3) is 0 Å². The van der Waals surface area contributed by atoms with E-state index in [9.17, 15) is 61.8 Å². The number of carbonyl (C=O) groups excluding carboxylic acids is 9. The fraction of sp³-hybridized carbons (Fsp3) is 0.746. The molecule has 530 valence electrons. The number of ether oxygens (including phenoxy) is 5. The number of carbonyl (C=O) groups is 9. The van der Waals surface area contributed by atoms with Gasteiger partial charge in [0.25, 0.3) is 10.0 Å². The number of alkyl carbamates (subject to hydrolysis) is 1. The number of aliphatic hydroxyl groups excluding tert-OH is 2. The van der Waals surface area contributed by atoms with Gasteiger partial charge in [0.05, 0.1) is 55.2 Å². The molecule has 10 atom stereocenters. The van der Waals surface area contributed by atoms with Crippen LogP contribution in [0, 0.1) is 43.9 Å². The van der Waals surface area contributed by atoms with Crippen molar-refractivity contribution in [2.24, 2.45) is 17.8 Å². The Kier molecular flexibility index (Phi) is 31.0. The van der Waals surface area contributed by atoms with Crippen LogP contribution in [0.5, 0.6) is 5.75 Å². The molecule has 0 spiro atoms. The Balaban J connectivity index is 2.51. The average molecular weight is 1340 g/mol. The van der Waals surface area contributed by atoms with E-state index in [0.29, 0.717) is 35.3 Å². The smallest absolute Gasteiger partial charge is 0.408 e. The molecule has 1 aliphatic rings. The van der Waals surface area contributed by atoms with Crippen molar-refractivity contribution in [1.29, 1.82) is 5.41 Å². The summed E-state index contributed by atoms with van der Waals surface area (Å²) in [4.78, 5) is 124. The minimum Gasteiger partial charge on any atom is -0.487 e. The summed E-state index contributed by atoms with van der Waals surface area (Å²) < 4.78 is 58.3. The van der Waals surface area contributed by atoms with Gasteiger partial charge in [-0.25, -0.2) is 22.7 Å². The van der Waals surface area contributed by atoms with E-state index in [1.165, 1.54) is 6.92 Å². The zero-order valence-electron chi connectivity index (χ0n) is 58.6. The third kappa shape index (κ3) is 26.8. The molecule has 1 aliphatic heterocycles. The van der Waals surface area contributed by atoms with Crippen molar-refractivity contribution < 1.29 is 85.5 Å². The van der Waals surface area contributed by atoms with Crippen molar-refractivity contribution in [2.45, 2.75) is 259 Å². The summed E-state index contributed by atoms with van der Waals surface area (Å²) in [5.41, 5.74) is -0.613. The topological polar surface area (TPSA) is 419 Å². The molecule has 13 N–H and O–H groups in total. The van der Waals surface area contributed by atoms with Gasteiger partial charge in [-0.1, -0.05) is 48.0 Å². The number of methoxy groups -OCH3 is 1. The molecule has 30 heteroatoms. The highest BCUT2D eigenvalue weighted by Crippen LogP contribution is 2.42. The van der Waals surface area contributed by atoms with Gasteiger partial charge in [0.1, 0.15) is 53.2 Å². The lowest BCUT2D eigenvalue weighted by molar-refractivity contribution is -0.149. The van der Waals surface area contributed by atoms with Crippen LogP contribution in [-0.4, -0.2) is 188 Å². The second-order valence-electron chi connectivity index (χ2n) is 27.9. The molecule has 1 aromatic carbocycles. The van der Waals surface area contributed by atoms with Gasteiger partial charge in [0.15, 0.2) is 6.04 Å². The fourth-order valence-electron chi connectivity index (χ4n) is 9.49. The number of aliphatic hydroxyl groups is 2. The number of hydrogen-bond donors (Lipinski definition) is 13. The number of hydrogen-bond acceptors (Lipinski definition) is 19. The zero-order chi connectivity index (χ0) is 71.6. The van der Waals surface area contributed by atoms with Gasteiger partial charge in [-0.3, -0.25) is 39.0 Å². The number of guanidine groups is 1. The van der Waals surface area contributed by atoms with Crippen molar-refractivity contribution in [3.8, 4) is 5.75 Å². The first-order chi connectivity index (χ1) is 42.6. The molecule has 2 rings (SSSR count). The van der Waals surface area contributed by atoms with Gasteiger partial charge in [0, 0.05) is 6.54 Å². The summed E-state index contributed by atoms with van der Waals surface area (Å²) in [6.07, 6.45) is -2.92. The first-order valence-electron chi connectivity index (χ1n) is 31.5. The predicted molar refractivity (Wildman–Crippen MR) is 347 cm³/mol. The first-order valence-corrected chi connectivity index (χ1v) is 33.0. The molecule has 1 aromatic rings. The Bertz CT molecular complexity index is 2920. The Morgan fingerprint density at radius 2 is 1.14 bits per heavy atom. The van der Waals surface area contributed by atoms with Crippen LogP contribution in [0.4, 0.5) is 4.79 Å². The van der Waals surface area contributed by atoms with Crippen LogP contribution < -0.4 is 57.3 Å². The SMILES string of the molecule is CC[C@H](C)[C@H](NC(=O)[C@@H](CCCNC(=N)NS(=O)(=O)c1c(C)c(C)c2c(c1C)CCC(C)(C)O2)NC(=O)[C@@H](NC(=O)[C@@H](NC(=O)OC(C)(C)C)[C@H](O)C(C)C)C(C)C)C(=O)N[C@H](C(=O)NCC(=O)N[C@@H](COC(C)(C)C)C(=O)N[C@@H](COC(C)(C)C)C(=O)OC)[C@H](C)O. The maximum absolute atomic E-state index is 14.7. The summed E-state index contributed by atoms with van der Waals surface area (Å²) in [7, 11) is -3.23. The van der Waals surface area contributed by atoms with E-state index >= 15 is 0 Å². The Morgan fingerprint density at radius 1 is 0.624 bits per heavy atom. The number of nitrogens with one attached hydrogen (secondary N) is 11. The van der Waals surface area contributed by atoms with E-state index in [0.717, 1.165) is 12.7 Å². The number of benzene rings is 1. The molecule has 0 saturated heterocycles. The van der Waals surface area contributed by atoms with Crippen LogP contribution >= 0.6 is 0 Å². The molecule has 8 amide bonds. The van der Waals surface area contributed by atoms with Crippen molar-refractivity contribution in [1.82, 2.24) is 52.6 Å². The van der Waals surface area contributed by atoms with Gasteiger partial charge >= 0.3 is 12.1 Å². The van der Waals surface area contributed by atoms with Gasteiger partial charge in [-0.15, -0.1) is 0 Å². The largest absolute Gasteiger partial charge is 0.487 e. The van der Waals surface area contributed by atoms with Gasteiger partial charge < -0.3 is 81.7 Å². The minimum atomic E-state index is -4.36. The third-order valence-electron chi connectivity index (χ3n) is 15.1.